The fourth-order valence-electron chi connectivity index (χ4n) is 5.33. The van der Waals surface area contributed by atoms with Crippen LogP contribution < -0.4 is 11.2 Å². The molecule has 208 valence electrons. The van der Waals surface area contributed by atoms with Crippen molar-refractivity contribution < 1.29 is 9.32 Å². The molecule has 3 heterocycles. The topological polar surface area (TPSA) is 106 Å². The van der Waals surface area contributed by atoms with Gasteiger partial charge in [-0.05, 0) is 44.4 Å². The molecular formula is C27H40N6O4S. The first kappa shape index (κ1) is 28.4. The van der Waals surface area contributed by atoms with Crippen LogP contribution in [0.2, 0.25) is 0 Å². The Morgan fingerprint density at radius 3 is 2.34 bits per heavy atom. The number of aromatic nitrogens is 4. The van der Waals surface area contributed by atoms with E-state index in [2.05, 4.69) is 14.8 Å². The highest BCUT2D eigenvalue weighted by Crippen LogP contribution is 2.18. The Morgan fingerprint density at radius 2 is 1.68 bits per heavy atom. The third kappa shape index (κ3) is 6.17. The van der Waals surface area contributed by atoms with Crippen molar-refractivity contribution in [3.05, 3.63) is 56.5 Å². The van der Waals surface area contributed by atoms with Gasteiger partial charge in [0.2, 0.25) is 0 Å². The summed E-state index contributed by atoms with van der Waals surface area (Å²) in [5, 5.41) is 10.8. The average Bonchev–Trinajstić information content (AvgIpc) is 3.29. The van der Waals surface area contributed by atoms with Crippen LogP contribution in [0.15, 0.2) is 39.0 Å². The smallest absolute Gasteiger partial charge is 0.332 e. The van der Waals surface area contributed by atoms with Crippen molar-refractivity contribution in [2.24, 2.45) is 7.05 Å². The van der Waals surface area contributed by atoms with Gasteiger partial charge in [0.15, 0.2) is 11.2 Å². The molecule has 2 unspecified atom stereocenters. The zero-order chi connectivity index (χ0) is 27.4. The molecule has 0 radical (unpaired) electrons. The Hall–Kier alpha value is -2.60. The maximum atomic E-state index is 12.8. The quantitative estimate of drug-likeness (QED) is 0.385. The molecular weight excluding hydrogens is 504 g/mol. The largest absolute Gasteiger partial charge is 0.390 e. The van der Waals surface area contributed by atoms with E-state index in [9.17, 15) is 18.9 Å². The van der Waals surface area contributed by atoms with Crippen LogP contribution in [0.5, 0.6) is 0 Å². The number of aryl methyl sites for hydroxylation is 3. The minimum absolute atomic E-state index is 0.237. The number of rotatable bonds is 11. The Kier molecular flexibility index (Phi) is 9.35. The van der Waals surface area contributed by atoms with E-state index in [-0.39, 0.29) is 12.2 Å². The van der Waals surface area contributed by atoms with Crippen molar-refractivity contribution >= 4 is 22.0 Å². The van der Waals surface area contributed by atoms with E-state index < -0.39 is 22.5 Å². The van der Waals surface area contributed by atoms with Crippen molar-refractivity contribution in [3.63, 3.8) is 0 Å². The predicted octanol–water partition coefficient (Wildman–Crippen LogP) is 1.10. The number of imidazole rings is 1. The number of hydrogen-bond acceptors (Lipinski definition) is 7. The van der Waals surface area contributed by atoms with Crippen LogP contribution in [-0.2, 0) is 30.9 Å². The molecule has 4 rings (SSSR count). The molecule has 0 saturated carbocycles. The number of hydrogen-bond donors (Lipinski definition) is 1. The number of benzene rings is 1. The normalized spacial score (nSPS) is 16.8. The van der Waals surface area contributed by atoms with Crippen LogP contribution in [0, 0.1) is 13.8 Å². The van der Waals surface area contributed by atoms with Gasteiger partial charge in [-0.2, -0.15) is 0 Å². The molecule has 1 fully saturated rings. The Morgan fingerprint density at radius 1 is 1.03 bits per heavy atom. The number of nitrogens with zero attached hydrogens (tertiary/aromatic N) is 6. The SMILES string of the molecule is CCCn1c(=O)n(C)c(=O)c2c1ncn2CC(O)CN1CCN(CCCS(=O)c2c(C)cccc2C)CC1. The highest BCUT2D eigenvalue weighted by Gasteiger charge is 2.22. The van der Waals surface area contributed by atoms with Crippen molar-refractivity contribution in [3.8, 4) is 0 Å². The fraction of sp³-hybridized carbons (Fsp3) is 0.593. The molecule has 2 atom stereocenters. The zero-order valence-corrected chi connectivity index (χ0v) is 23.7. The first-order valence-corrected chi connectivity index (χ1v) is 14.7. The molecule has 3 aromatic rings. The summed E-state index contributed by atoms with van der Waals surface area (Å²) in [4.78, 5) is 35.3. The molecule has 38 heavy (non-hydrogen) atoms. The maximum Gasteiger partial charge on any atom is 0.332 e. The minimum atomic E-state index is -0.980. The van der Waals surface area contributed by atoms with Gasteiger partial charge in [-0.3, -0.25) is 23.0 Å². The fourth-order valence-corrected chi connectivity index (χ4v) is 6.78. The molecule has 1 N–H and O–H groups in total. The van der Waals surface area contributed by atoms with Gasteiger partial charge in [0.25, 0.3) is 5.56 Å². The monoisotopic (exact) mass is 544 g/mol. The van der Waals surface area contributed by atoms with Crippen LogP contribution >= 0.6 is 0 Å². The molecule has 0 bridgehead atoms. The second kappa shape index (κ2) is 12.5. The molecule has 1 aliphatic heterocycles. The van der Waals surface area contributed by atoms with E-state index in [0.29, 0.717) is 30.0 Å². The van der Waals surface area contributed by atoms with Crippen molar-refractivity contribution in [1.29, 1.82) is 0 Å². The van der Waals surface area contributed by atoms with Gasteiger partial charge in [0.1, 0.15) is 0 Å². The van der Waals surface area contributed by atoms with Gasteiger partial charge >= 0.3 is 5.69 Å². The van der Waals surface area contributed by atoms with E-state index in [1.807, 2.05) is 39.0 Å². The predicted molar refractivity (Wildman–Crippen MR) is 150 cm³/mol. The van der Waals surface area contributed by atoms with Crippen molar-refractivity contribution in [2.45, 2.75) is 57.7 Å². The first-order chi connectivity index (χ1) is 18.2. The lowest BCUT2D eigenvalue weighted by Gasteiger charge is -2.35. The van der Waals surface area contributed by atoms with Gasteiger partial charge < -0.3 is 14.6 Å². The summed E-state index contributed by atoms with van der Waals surface area (Å²) < 4.78 is 17.1. The van der Waals surface area contributed by atoms with Crippen LogP contribution in [0.1, 0.15) is 30.9 Å². The third-order valence-corrected chi connectivity index (χ3v) is 9.09. The van der Waals surface area contributed by atoms with E-state index >= 15 is 0 Å². The van der Waals surface area contributed by atoms with Crippen LogP contribution in [0.3, 0.4) is 0 Å². The molecule has 0 spiro atoms. The highest BCUT2D eigenvalue weighted by atomic mass is 32.2. The van der Waals surface area contributed by atoms with E-state index in [4.69, 9.17) is 0 Å². The second-order valence-electron chi connectivity index (χ2n) is 10.3. The highest BCUT2D eigenvalue weighted by molar-refractivity contribution is 7.85. The lowest BCUT2D eigenvalue weighted by atomic mass is 10.2. The molecule has 1 saturated heterocycles. The summed E-state index contributed by atoms with van der Waals surface area (Å²) in [7, 11) is 0.497. The standard InChI is InChI=1S/C27H40N6O4S/c1-5-10-33-25-23(26(35)29(4)27(33)36)32(19-28-25)18-22(34)17-31-14-12-30(13-15-31)11-7-16-38(37)24-20(2)8-6-9-21(24)3/h6,8-9,19,22,34H,5,7,10-18H2,1-4H3. The van der Waals surface area contributed by atoms with Crippen molar-refractivity contribution in [1.82, 2.24) is 28.5 Å². The van der Waals surface area contributed by atoms with Gasteiger partial charge in [-0.1, -0.05) is 25.1 Å². The number of piperazine rings is 1. The molecule has 2 aromatic heterocycles. The summed E-state index contributed by atoms with van der Waals surface area (Å²) in [6.45, 7) is 11.6. The van der Waals surface area contributed by atoms with Crippen LogP contribution in [-0.4, -0.2) is 88.9 Å². The molecule has 0 amide bonds. The maximum absolute atomic E-state index is 12.8. The van der Waals surface area contributed by atoms with Crippen LogP contribution in [0.4, 0.5) is 0 Å². The van der Waals surface area contributed by atoms with E-state index in [0.717, 1.165) is 66.2 Å². The van der Waals surface area contributed by atoms with E-state index in [1.165, 1.54) is 11.6 Å². The average molecular weight is 545 g/mol. The van der Waals surface area contributed by atoms with Crippen LogP contribution in [0.25, 0.3) is 11.2 Å². The Balaban J connectivity index is 1.27. The summed E-state index contributed by atoms with van der Waals surface area (Å²) >= 11 is 0. The summed E-state index contributed by atoms with van der Waals surface area (Å²) in [6, 6.07) is 6.05. The lowest BCUT2D eigenvalue weighted by Crippen LogP contribution is -2.49. The summed E-state index contributed by atoms with van der Waals surface area (Å²) in [5.74, 6) is 0.662. The third-order valence-electron chi connectivity index (χ3n) is 7.33. The Bertz CT molecular complexity index is 1380. The zero-order valence-electron chi connectivity index (χ0n) is 22.9. The number of fused-ring (bicyclic) bond motifs is 1. The first-order valence-electron chi connectivity index (χ1n) is 13.4. The number of aliphatic hydroxyl groups is 1. The van der Waals surface area contributed by atoms with Gasteiger partial charge in [-0.25, -0.2) is 9.78 Å². The molecule has 0 aliphatic carbocycles. The molecule has 11 heteroatoms. The number of aliphatic hydroxyl groups excluding tert-OH is 1. The Labute approximate surface area is 226 Å². The molecule has 10 nitrogen and oxygen atoms in total. The summed E-state index contributed by atoms with van der Waals surface area (Å²) in [5.41, 5.74) is 2.14. The van der Waals surface area contributed by atoms with Gasteiger partial charge in [0, 0.05) is 57.0 Å². The van der Waals surface area contributed by atoms with Crippen molar-refractivity contribution in [2.75, 3.05) is 45.0 Å². The van der Waals surface area contributed by atoms with E-state index in [1.54, 1.807) is 10.9 Å². The molecule has 1 aliphatic rings. The molecule has 1 aromatic carbocycles. The van der Waals surface area contributed by atoms with Gasteiger partial charge in [-0.15, -0.1) is 0 Å². The number of β-amino-alcohol motifs (C(OH)–C–C–N with tert-alkyl or cyclic N) is 1. The second-order valence-corrected chi connectivity index (χ2v) is 11.8. The summed E-state index contributed by atoms with van der Waals surface area (Å²) in [6.07, 6.45) is 2.50. The minimum Gasteiger partial charge on any atom is -0.390 e. The lowest BCUT2D eigenvalue weighted by molar-refractivity contribution is 0.0650. The van der Waals surface area contributed by atoms with Gasteiger partial charge in [0.05, 0.1) is 29.8 Å².